The monoisotopic (exact) mass is 454 g/mol. The second-order valence-electron chi connectivity index (χ2n) is 7.02. The maximum atomic E-state index is 12.9. The predicted octanol–water partition coefficient (Wildman–Crippen LogP) is 4.53. The Morgan fingerprint density at radius 2 is 1.69 bits per heavy atom. The second-order valence-corrected chi connectivity index (χ2v) is 8.00. The van der Waals surface area contributed by atoms with Gasteiger partial charge in [-0.1, -0.05) is 37.3 Å². The highest BCUT2D eigenvalue weighted by molar-refractivity contribution is 7.98. The normalized spacial score (nSPS) is 12.0. The molecule has 32 heavy (non-hydrogen) atoms. The highest BCUT2D eigenvalue weighted by Gasteiger charge is 2.21. The van der Waals surface area contributed by atoms with Crippen molar-refractivity contribution in [1.29, 1.82) is 0 Å². The van der Waals surface area contributed by atoms with Crippen molar-refractivity contribution in [1.82, 2.24) is 5.32 Å². The summed E-state index contributed by atoms with van der Waals surface area (Å²) < 4.78 is 4.99. The Morgan fingerprint density at radius 1 is 1.00 bits per heavy atom. The molecule has 0 saturated heterocycles. The molecule has 1 atom stereocenters. The number of hydrogen-bond acceptors (Lipinski definition) is 5. The molecule has 0 spiro atoms. The van der Waals surface area contributed by atoms with Crippen LogP contribution >= 0.6 is 11.8 Å². The van der Waals surface area contributed by atoms with Gasteiger partial charge in [0.05, 0.1) is 6.61 Å². The van der Waals surface area contributed by atoms with Crippen molar-refractivity contribution in [2.75, 3.05) is 23.9 Å². The molecular formula is C25H30N2O4S. The number of benzene rings is 2. The molecular weight excluding hydrogens is 424 g/mol. The second kappa shape index (κ2) is 13.4. The smallest absolute Gasteiger partial charge is 0.331 e. The molecule has 170 valence electrons. The summed E-state index contributed by atoms with van der Waals surface area (Å²) in [7, 11) is 0. The third-order valence-electron chi connectivity index (χ3n) is 4.75. The average molecular weight is 455 g/mol. The van der Waals surface area contributed by atoms with Crippen LogP contribution in [0.25, 0.3) is 5.57 Å². The van der Waals surface area contributed by atoms with Crippen LogP contribution in [0.15, 0.2) is 60.7 Å². The van der Waals surface area contributed by atoms with Crippen LogP contribution in [0.1, 0.15) is 42.6 Å². The average Bonchev–Trinajstić information content (AvgIpc) is 2.81. The van der Waals surface area contributed by atoms with Crippen LogP contribution in [0.3, 0.4) is 0 Å². The van der Waals surface area contributed by atoms with Gasteiger partial charge in [-0.2, -0.15) is 11.8 Å². The number of rotatable bonds is 11. The lowest BCUT2D eigenvalue weighted by molar-refractivity contribution is -0.137. The summed E-state index contributed by atoms with van der Waals surface area (Å²) in [5.74, 6) is -0.176. The van der Waals surface area contributed by atoms with Crippen LogP contribution in [-0.2, 0) is 14.3 Å². The molecule has 0 aliphatic rings. The molecule has 0 radical (unpaired) electrons. The minimum atomic E-state index is -0.648. The summed E-state index contributed by atoms with van der Waals surface area (Å²) >= 11 is 1.62. The summed E-state index contributed by atoms with van der Waals surface area (Å²) in [6, 6.07) is 15.5. The molecule has 0 aliphatic heterocycles. The van der Waals surface area contributed by atoms with Gasteiger partial charge in [-0.25, -0.2) is 4.79 Å². The molecule has 0 fully saturated rings. The van der Waals surface area contributed by atoms with Gasteiger partial charge in [0, 0.05) is 17.3 Å². The molecule has 2 amide bonds. The van der Waals surface area contributed by atoms with Crippen molar-refractivity contribution < 1.29 is 19.1 Å². The molecule has 2 rings (SSSR count). The third kappa shape index (κ3) is 7.89. The Bertz CT molecular complexity index is 927. The van der Waals surface area contributed by atoms with Crippen molar-refractivity contribution in [3.8, 4) is 0 Å². The zero-order chi connectivity index (χ0) is 23.3. The van der Waals surface area contributed by atoms with E-state index in [1.807, 2.05) is 31.4 Å². The zero-order valence-corrected chi connectivity index (χ0v) is 19.5. The maximum absolute atomic E-state index is 12.9. The molecule has 6 nitrogen and oxygen atoms in total. The standard InChI is InChI=1S/C25H30N2O4S/c1-4-18(17-23(28)31-5-2)19-11-13-21(14-12-19)26-25(30)22(15-16-32-3)27-24(29)20-9-7-6-8-10-20/h6-14,17,22H,4-5,15-16H2,1-3H3,(H,26,30)(H,27,29). The zero-order valence-electron chi connectivity index (χ0n) is 18.7. The summed E-state index contributed by atoms with van der Waals surface area (Å²) in [6.07, 6.45) is 4.65. The first kappa shape index (κ1) is 25.2. The number of carbonyl (C=O) groups is 3. The molecule has 1 unspecified atom stereocenters. The minimum absolute atomic E-state index is 0.270. The van der Waals surface area contributed by atoms with Gasteiger partial charge in [-0.3, -0.25) is 9.59 Å². The highest BCUT2D eigenvalue weighted by Crippen LogP contribution is 2.21. The topological polar surface area (TPSA) is 84.5 Å². The van der Waals surface area contributed by atoms with Crippen LogP contribution in [-0.4, -0.2) is 42.4 Å². The van der Waals surface area contributed by atoms with Crippen LogP contribution in [0.4, 0.5) is 5.69 Å². The number of anilines is 1. The molecule has 0 saturated carbocycles. The first-order chi connectivity index (χ1) is 15.5. The first-order valence-electron chi connectivity index (χ1n) is 10.6. The fraction of sp³-hybridized carbons (Fsp3) is 0.320. The molecule has 2 aromatic rings. The van der Waals surface area contributed by atoms with E-state index in [1.165, 1.54) is 6.08 Å². The van der Waals surface area contributed by atoms with E-state index >= 15 is 0 Å². The number of allylic oxidation sites excluding steroid dienone is 1. The highest BCUT2D eigenvalue weighted by atomic mass is 32.2. The fourth-order valence-electron chi connectivity index (χ4n) is 3.05. The van der Waals surface area contributed by atoms with Crippen molar-refractivity contribution in [2.24, 2.45) is 0 Å². The van der Waals surface area contributed by atoms with Gasteiger partial charge < -0.3 is 15.4 Å². The molecule has 0 aliphatic carbocycles. The SMILES string of the molecule is CCOC(=O)C=C(CC)c1ccc(NC(=O)C(CCSC)NC(=O)c2ccccc2)cc1. The first-order valence-corrected chi connectivity index (χ1v) is 12.0. The Labute approximate surface area is 193 Å². The third-order valence-corrected chi connectivity index (χ3v) is 5.40. The Morgan fingerprint density at radius 3 is 2.28 bits per heavy atom. The van der Waals surface area contributed by atoms with E-state index in [4.69, 9.17) is 4.74 Å². The lowest BCUT2D eigenvalue weighted by Crippen LogP contribution is -2.44. The van der Waals surface area contributed by atoms with Crippen molar-refractivity contribution >= 4 is 40.8 Å². The molecule has 0 aromatic heterocycles. The molecule has 2 N–H and O–H groups in total. The summed E-state index contributed by atoms with van der Waals surface area (Å²) in [5.41, 5.74) is 2.87. The summed E-state index contributed by atoms with van der Waals surface area (Å²) in [6.45, 7) is 4.06. The van der Waals surface area contributed by atoms with Crippen molar-refractivity contribution in [3.63, 3.8) is 0 Å². The van der Waals surface area contributed by atoms with Crippen molar-refractivity contribution in [3.05, 3.63) is 71.8 Å². The van der Waals surface area contributed by atoms with Gasteiger partial charge in [0.2, 0.25) is 5.91 Å². The number of thioether (sulfide) groups is 1. The van der Waals surface area contributed by atoms with Crippen LogP contribution in [0.5, 0.6) is 0 Å². The van der Waals surface area contributed by atoms with E-state index in [1.54, 1.807) is 55.1 Å². The van der Waals surface area contributed by atoms with E-state index in [0.717, 1.165) is 16.9 Å². The minimum Gasteiger partial charge on any atom is -0.463 e. The van der Waals surface area contributed by atoms with Crippen LogP contribution in [0.2, 0.25) is 0 Å². The number of carbonyl (C=O) groups excluding carboxylic acids is 3. The molecule has 0 bridgehead atoms. The van der Waals surface area contributed by atoms with Gasteiger partial charge in [0.25, 0.3) is 5.91 Å². The summed E-state index contributed by atoms with van der Waals surface area (Å²) in [4.78, 5) is 37.1. The van der Waals surface area contributed by atoms with Gasteiger partial charge in [-0.15, -0.1) is 0 Å². The maximum Gasteiger partial charge on any atom is 0.331 e. The fourth-order valence-corrected chi connectivity index (χ4v) is 3.52. The summed E-state index contributed by atoms with van der Waals surface area (Å²) in [5, 5.41) is 5.71. The Kier molecular flexibility index (Phi) is 10.5. The van der Waals surface area contributed by atoms with E-state index in [-0.39, 0.29) is 17.8 Å². The quantitative estimate of drug-likeness (QED) is 0.385. The number of hydrogen-bond donors (Lipinski definition) is 2. The van der Waals surface area contributed by atoms with Gasteiger partial charge in [0.15, 0.2) is 0 Å². The molecule has 2 aromatic carbocycles. The molecule has 7 heteroatoms. The lowest BCUT2D eigenvalue weighted by Gasteiger charge is -2.18. The molecule has 0 heterocycles. The van der Waals surface area contributed by atoms with E-state index in [2.05, 4.69) is 10.6 Å². The Balaban J connectivity index is 2.08. The van der Waals surface area contributed by atoms with E-state index in [0.29, 0.717) is 30.7 Å². The van der Waals surface area contributed by atoms with Gasteiger partial charge in [0.1, 0.15) is 6.04 Å². The lowest BCUT2D eigenvalue weighted by atomic mass is 10.0. The number of amides is 2. The Hall–Kier alpha value is -3.06. The van der Waals surface area contributed by atoms with Crippen LogP contribution < -0.4 is 10.6 Å². The van der Waals surface area contributed by atoms with Gasteiger partial charge in [-0.05, 0) is 67.2 Å². The van der Waals surface area contributed by atoms with E-state index < -0.39 is 6.04 Å². The van der Waals surface area contributed by atoms with Crippen LogP contribution in [0, 0.1) is 0 Å². The van der Waals surface area contributed by atoms with E-state index in [9.17, 15) is 14.4 Å². The van der Waals surface area contributed by atoms with Gasteiger partial charge >= 0.3 is 5.97 Å². The van der Waals surface area contributed by atoms with Crippen molar-refractivity contribution in [2.45, 2.75) is 32.7 Å². The number of esters is 1. The largest absolute Gasteiger partial charge is 0.463 e. The predicted molar refractivity (Wildman–Crippen MR) is 131 cm³/mol. The number of nitrogens with one attached hydrogen (secondary N) is 2. The number of ether oxygens (including phenoxy) is 1.